The summed E-state index contributed by atoms with van der Waals surface area (Å²) in [7, 11) is 8.28. The molecule has 0 amide bonds. The van der Waals surface area contributed by atoms with Gasteiger partial charge in [-0.05, 0) is 54.0 Å². The average molecular weight is 336 g/mol. The third kappa shape index (κ3) is 7.51. The highest BCUT2D eigenvalue weighted by Gasteiger charge is 2.06. The highest BCUT2D eigenvalue weighted by molar-refractivity contribution is 7.22. The third-order valence-corrected chi connectivity index (χ3v) is 4.95. The smallest absolute Gasteiger partial charge is 0.0227 e. The van der Waals surface area contributed by atoms with Gasteiger partial charge in [0, 0.05) is 0 Å². The van der Waals surface area contributed by atoms with Crippen LogP contribution in [0.3, 0.4) is 0 Å². The van der Waals surface area contributed by atoms with Gasteiger partial charge in [-0.3, -0.25) is 0 Å². The summed E-state index contributed by atoms with van der Waals surface area (Å²) in [5.74, 6) is 0.688. The molecule has 0 heterocycles. The van der Waals surface area contributed by atoms with Crippen LogP contribution in [0.5, 0.6) is 0 Å². The lowest BCUT2D eigenvalue weighted by Gasteiger charge is -2.13. The minimum Gasteiger partial charge on any atom is -0.137 e. The van der Waals surface area contributed by atoms with E-state index < -0.39 is 0 Å². The first-order valence-corrected chi connectivity index (χ1v) is 9.57. The number of hydrogen-bond donors (Lipinski definition) is 0. The van der Waals surface area contributed by atoms with E-state index >= 15 is 0 Å². The molecule has 0 aromatic heterocycles. The van der Waals surface area contributed by atoms with E-state index in [-0.39, 0.29) is 0 Å². The summed E-state index contributed by atoms with van der Waals surface area (Å²) >= 11 is 0. The Bertz CT molecular complexity index is 489. The first kappa shape index (κ1) is 18.8. The van der Waals surface area contributed by atoms with E-state index in [4.69, 9.17) is 0 Å². The van der Waals surface area contributed by atoms with Crippen molar-refractivity contribution in [3.05, 3.63) is 71.6 Å². The van der Waals surface area contributed by atoms with Gasteiger partial charge in [-0.1, -0.05) is 55.2 Å². The predicted octanol–water partition coefficient (Wildman–Crippen LogP) is 5.45. The summed E-state index contributed by atoms with van der Waals surface area (Å²) in [6.07, 6.45) is 18.7. The normalized spacial score (nSPS) is 15.6. The molecular formula is C18H27P3. The Balaban J connectivity index is 2.69. The molecule has 0 aliphatic heterocycles. The second-order valence-electron chi connectivity index (χ2n) is 5.34. The van der Waals surface area contributed by atoms with Crippen molar-refractivity contribution in [2.75, 3.05) is 12.3 Å². The highest BCUT2D eigenvalue weighted by Crippen LogP contribution is 2.24. The van der Waals surface area contributed by atoms with Crippen molar-refractivity contribution in [2.45, 2.75) is 19.3 Å². The molecule has 1 rings (SSSR count). The fourth-order valence-electron chi connectivity index (χ4n) is 2.15. The molecule has 0 saturated heterocycles. The monoisotopic (exact) mass is 336 g/mol. The lowest BCUT2D eigenvalue weighted by molar-refractivity contribution is 0.674. The van der Waals surface area contributed by atoms with Crippen LogP contribution in [0.25, 0.3) is 0 Å². The van der Waals surface area contributed by atoms with Crippen LogP contribution < -0.4 is 0 Å². The van der Waals surface area contributed by atoms with Crippen molar-refractivity contribution in [1.82, 2.24) is 0 Å². The van der Waals surface area contributed by atoms with E-state index in [2.05, 4.69) is 71.3 Å². The minimum absolute atomic E-state index is 0.688. The first-order valence-electron chi connectivity index (χ1n) is 7.36. The lowest BCUT2D eigenvalue weighted by atomic mass is 9.95. The van der Waals surface area contributed by atoms with Crippen molar-refractivity contribution < 1.29 is 0 Å². The number of rotatable bonds is 8. The Morgan fingerprint density at radius 1 is 1.05 bits per heavy atom. The fraction of sp³-hybridized carbons (Fsp3) is 0.333. The molecule has 1 aliphatic carbocycles. The molecule has 0 spiro atoms. The van der Waals surface area contributed by atoms with Crippen LogP contribution in [0.2, 0.25) is 0 Å². The molecule has 21 heavy (non-hydrogen) atoms. The summed E-state index contributed by atoms with van der Waals surface area (Å²) in [4.78, 5) is 0. The van der Waals surface area contributed by atoms with E-state index in [0.29, 0.717) is 5.92 Å². The molecule has 0 N–H and O–H groups in total. The molecule has 0 aromatic rings. The van der Waals surface area contributed by atoms with Gasteiger partial charge in [0.15, 0.2) is 0 Å². The maximum atomic E-state index is 4.19. The second kappa shape index (κ2) is 10.5. The Morgan fingerprint density at radius 2 is 1.57 bits per heavy atom. The maximum absolute atomic E-state index is 4.19. The van der Waals surface area contributed by atoms with Gasteiger partial charge < -0.3 is 0 Å². The summed E-state index contributed by atoms with van der Waals surface area (Å²) in [6, 6.07) is 0. The van der Waals surface area contributed by atoms with E-state index in [1.54, 1.807) is 0 Å². The molecule has 0 saturated carbocycles. The molecular weight excluding hydrogens is 309 g/mol. The van der Waals surface area contributed by atoms with Crippen LogP contribution in [-0.4, -0.2) is 12.3 Å². The molecule has 0 bridgehead atoms. The molecule has 0 fully saturated rings. The fourth-order valence-corrected chi connectivity index (χ4v) is 3.35. The van der Waals surface area contributed by atoms with Gasteiger partial charge >= 0.3 is 0 Å². The molecule has 114 valence electrons. The summed E-state index contributed by atoms with van der Waals surface area (Å²) in [6.45, 7) is 8.07. The van der Waals surface area contributed by atoms with Gasteiger partial charge in [-0.15, -0.1) is 27.7 Å². The predicted molar refractivity (Wildman–Crippen MR) is 109 cm³/mol. The largest absolute Gasteiger partial charge is 0.137 e. The van der Waals surface area contributed by atoms with Gasteiger partial charge in [-0.2, -0.15) is 0 Å². The molecule has 1 aliphatic rings. The zero-order chi connectivity index (χ0) is 15.7. The van der Waals surface area contributed by atoms with Gasteiger partial charge in [-0.25, -0.2) is 0 Å². The van der Waals surface area contributed by atoms with Crippen molar-refractivity contribution in [3.63, 3.8) is 0 Å². The summed E-state index contributed by atoms with van der Waals surface area (Å²) in [5, 5.41) is 0.998. The Labute approximate surface area is 137 Å². The van der Waals surface area contributed by atoms with E-state index in [1.165, 1.54) is 16.7 Å². The Morgan fingerprint density at radius 3 is 2.05 bits per heavy atom. The number of allylic oxidation sites excluding steroid dienone is 10. The lowest BCUT2D eigenvalue weighted by Crippen LogP contribution is -2.03. The maximum Gasteiger partial charge on any atom is -0.0227 e. The standard InChI is InChI=1S/C18H27P3/c1-14(11-16(12-19)13-20)7-9-17-5-3-4-6-18(17)10-8-15(2)21/h5-10,16H,1-4,11-13,19-21H2/b9-7-,10-8-. The molecule has 3 heteroatoms. The second-order valence-corrected chi connectivity index (χ2v) is 7.02. The van der Waals surface area contributed by atoms with Crippen LogP contribution in [0.4, 0.5) is 0 Å². The summed E-state index contributed by atoms with van der Waals surface area (Å²) in [5.41, 5.74) is 3.77. The van der Waals surface area contributed by atoms with Gasteiger partial charge in [0.1, 0.15) is 0 Å². The van der Waals surface area contributed by atoms with E-state index in [0.717, 1.165) is 36.9 Å². The Kier molecular flexibility index (Phi) is 9.35. The van der Waals surface area contributed by atoms with Crippen LogP contribution >= 0.6 is 27.7 Å². The molecule has 0 nitrogen and oxygen atoms in total. The van der Waals surface area contributed by atoms with Gasteiger partial charge in [0.2, 0.25) is 0 Å². The van der Waals surface area contributed by atoms with Crippen LogP contribution in [0.15, 0.2) is 71.6 Å². The quantitative estimate of drug-likeness (QED) is 0.409. The number of hydrogen-bond acceptors (Lipinski definition) is 0. The van der Waals surface area contributed by atoms with Crippen molar-refractivity contribution in [3.8, 4) is 0 Å². The van der Waals surface area contributed by atoms with Crippen LogP contribution in [0, 0.1) is 5.92 Å². The minimum atomic E-state index is 0.688. The molecule has 0 aromatic carbocycles. The topological polar surface area (TPSA) is 0 Å². The van der Waals surface area contributed by atoms with Crippen molar-refractivity contribution in [1.29, 1.82) is 0 Å². The van der Waals surface area contributed by atoms with Crippen LogP contribution in [0.1, 0.15) is 19.3 Å². The SMILES string of the molecule is C=C(P)/C=C\C1=CCCC=C1/C=C\C(=C)CC(CP)CP. The zero-order valence-electron chi connectivity index (χ0n) is 12.7. The van der Waals surface area contributed by atoms with Crippen molar-refractivity contribution >= 4 is 27.7 Å². The Hall–Kier alpha value is -0.270. The van der Waals surface area contributed by atoms with E-state index in [1.807, 2.05) is 6.08 Å². The molecule has 3 unspecified atom stereocenters. The van der Waals surface area contributed by atoms with E-state index in [9.17, 15) is 0 Å². The van der Waals surface area contributed by atoms with Gasteiger partial charge in [0.25, 0.3) is 0 Å². The molecule has 3 atom stereocenters. The molecule has 0 radical (unpaired) electrons. The first-order chi connectivity index (χ1) is 10.1. The summed E-state index contributed by atoms with van der Waals surface area (Å²) < 4.78 is 0. The average Bonchev–Trinajstić information content (AvgIpc) is 2.49. The van der Waals surface area contributed by atoms with Gasteiger partial charge in [0.05, 0.1) is 0 Å². The highest BCUT2D eigenvalue weighted by atomic mass is 31.0. The van der Waals surface area contributed by atoms with Crippen LogP contribution in [-0.2, 0) is 0 Å². The van der Waals surface area contributed by atoms with Crippen molar-refractivity contribution in [2.24, 2.45) is 5.92 Å². The third-order valence-electron chi connectivity index (χ3n) is 3.42. The zero-order valence-corrected chi connectivity index (χ0v) is 16.2.